The Kier molecular flexibility index (Phi) is 4.62. The van der Waals surface area contributed by atoms with Crippen LogP contribution >= 0.6 is 11.3 Å². The van der Waals surface area contributed by atoms with Crippen LogP contribution in [0, 0.1) is 0 Å². The van der Waals surface area contributed by atoms with Gasteiger partial charge in [0.2, 0.25) is 5.91 Å². The second-order valence-electron chi connectivity index (χ2n) is 5.95. The van der Waals surface area contributed by atoms with Gasteiger partial charge in [-0.15, -0.1) is 17.9 Å². The Morgan fingerprint density at radius 1 is 1.23 bits per heavy atom. The van der Waals surface area contributed by atoms with E-state index in [2.05, 4.69) is 12.0 Å². The van der Waals surface area contributed by atoms with E-state index in [0.29, 0.717) is 32.6 Å². The molecule has 2 aliphatic rings. The van der Waals surface area contributed by atoms with Crippen LogP contribution in [0.15, 0.2) is 18.0 Å². The highest BCUT2D eigenvalue weighted by Gasteiger charge is 2.27. The van der Waals surface area contributed by atoms with Crippen molar-refractivity contribution >= 4 is 23.2 Å². The molecule has 4 nitrogen and oxygen atoms in total. The van der Waals surface area contributed by atoms with E-state index < -0.39 is 0 Å². The van der Waals surface area contributed by atoms with Crippen molar-refractivity contribution in [3.63, 3.8) is 0 Å². The summed E-state index contributed by atoms with van der Waals surface area (Å²) in [7, 11) is 0. The summed E-state index contributed by atoms with van der Waals surface area (Å²) >= 11 is 1.58. The summed E-state index contributed by atoms with van der Waals surface area (Å²) in [5.74, 6) is 0.227. The van der Waals surface area contributed by atoms with Crippen LogP contribution in [-0.4, -0.2) is 47.8 Å². The molecule has 0 radical (unpaired) electrons. The minimum atomic E-state index is 0.112. The SMILES string of the molecule is C=CCN1CCN(C(=O)c2scc3c2CCCC3)CCC1=O. The molecule has 5 heteroatoms. The van der Waals surface area contributed by atoms with Crippen LogP contribution in [0.4, 0.5) is 0 Å². The number of nitrogens with zero attached hydrogens (tertiary/aromatic N) is 2. The fourth-order valence-electron chi connectivity index (χ4n) is 3.26. The quantitative estimate of drug-likeness (QED) is 0.803. The molecule has 0 unspecified atom stereocenters. The third-order valence-corrected chi connectivity index (χ3v) is 5.58. The standard InChI is InChI=1S/C17H22N2O2S/c1-2-8-18-10-11-19(9-7-15(18)20)17(21)16-14-6-4-3-5-13(14)12-22-16/h2,12H,1,3-11H2. The van der Waals surface area contributed by atoms with Crippen molar-refractivity contribution < 1.29 is 9.59 Å². The highest BCUT2D eigenvalue weighted by Crippen LogP contribution is 2.30. The molecule has 0 N–H and O–H groups in total. The maximum atomic E-state index is 12.8. The Morgan fingerprint density at radius 2 is 2.05 bits per heavy atom. The topological polar surface area (TPSA) is 40.6 Å². The van der Waals surface area contributed by atoms with E-state index in [0.717, 1.165) is 17.7 Å². The summed E-state index contributed by atoms with van der Waals surface area (Å²) in [6.07, 6.45) is 6.68. The van der Waals surface area contributed by atoms with Crippen LogP contribution in [0.2, 0.25) is 0 Å². The number of hydrogen-bond donors (Lipinski definition) is 0. The molecule has 22 heavy (non-hydrogen) atoms. The van der Waals surface area contributed by atoms with Crippen molar-refractivity contribution in [2.75, 3.05) is 26.2 Å². The number of aryl methyl sites for hydroxylation is 1. The van der Waals surface area contributed by atoms with Crippen LogP contribution in [0.5, 0.6) is 0 Å². The zero-order chi connectivity index (χ0) is 15.5. The Bertz CT molecular complexity index is 593. The number of carbonyl (C=O) groups excluding carboxylic acids is 2. The van der Waals surface area contributed by atoms with Gasteiger partial charge in [0.1, 0.15) is 0 Å². The van der Waals surface area contributed by atoms with Gasteiger partial charge in [-0.25, -0.2) is 0 Å². The number of fused-ring (bicyclic) bond motifs is 1. The van der Waals surface area contributed by atoms with Crippen molar-refractivity contribution in [2.24, 2.45) is 0 Å². The summed E-state index contributed by atoms with van der Waals surface area (Å²) in [4.78, 5) is 29.4. The Morgan fingerprint density at radius 3 is 2.86 bits per heavy atom. The van der Waals surface area contributed by atoms with E-state index in [1.165, 1.54) is 24.0 Å². The number of hydrogen-bond acceptors (Lipinski definition) is 3. The highest BCUT2D eigenvalue weighted by atomic mass is 32.1. The second kappa shape index (κ2) is 6.65. The molecule has 0 bridgehead atoms. The average molecular weight is 318 g/mol. The van der Waals surface area contributed by atoms with Gasteiger partial charge in [0.25, 0.3) is 5.91 Å². The second-order valence-corrected chi connectivity index (χ2v) is 6.83. The third-order valence-electron chi connectivity index (χ3n) is 4.52. The number of amides is 2. The van der Waals surface area contributed by atoms with E-state index in [-0.39, 0.29) is 11.8 Å². The highest BCUT2D eigenvalue weighted by molar-refractivity contribution is 7.12. The lowest BCUT2D eigenvalue weighted by molar-refractivity contribution is -0.129. The van der Waals surface area contributed by atoms with Crippen LogP contribution < -0.4 is 0 Å². The largest absolute Gasteiger partial charge is 0.337 e. The van der Waals surface area contributed by atoms with Crippen LogP contribution in [0.1, 0.15) is 40.1 Å². The van der Waals surface area contributed by atoms with E-state index in [4.69, 9.17) is 0 Å². The fourth-order valence-corrected chi connectivity index (χ4v) is 4.39. The van der Waals surface area contributed by atoms with E-state index >= 15 is 0 Å². The normalized spacial score (nSPS) is 18.8. The molecule has 0 spiro atoms. The zero-order valence-electron chi connectivity index (χ0n) is 12.8. The summed E-state index contributed by atoms with van der Waals surface area (Å²) in [6, 6.07) is 0. The zero-order valence-corrected chi connectivity index (χ0v) is 13.7. The van der Waals surface area contributed by atoms with Crippen molar-refractivity contribution in [2.45, 2.75) is 32.1 Å². The van der Waals surface area contributed by atoms with Gasteiger partial charge in [-0.05, 0) is 42.2 Å². The molecule has 1 saturated heterocycles. The first kappa shape index (κ1) is 15.3. The lowest BCUT2D eigenvalue weighted by atomic mass is 9.93. The van der Waals surface area contributed by atoms with Crippen molar-refractivity contribution in [1.29, 1.82) is 0 Å². The first-order valence-electron chi connectivity index (χ1n) is 7.98. The summed E-state index contributed by atoms with van der Waals surface area (Å²) in [5, 5.41) is 2.15. The predicted molar refractivity (Wildman–Crippen MR) is 88.3 cm³/mol. The minimum Gasteiger partial charge on any atom is -0.337 e. The number of carbonyl (C=O) groups is 2. The molecule has 0 saturated carbocycles. The predicted octanol–water partition coefficient (Wildman–Crippen LogP) is 2.49. The Balaban J connectivity index is 1.74. The monoisotopic (exact) mass is 318 g/mol. The fraction of sp³-hybridized carbons (Fsp3) is 0.529. The molecule has 0 atom stereocenters. The maximum Gasteiger partial charge on any atom is 0.264 e. The molecule has 1 aromatic rings. The summed E-state index contributed by atoms with van der Waals surface area (Å²) in [6.45, 7) is 6.00. The molecule has 3 rings (SSSR count). The molecule has 1 fully saturated rings. The lowest BCUT2D eigenvalue weighted by Crippen LogP contribution is -2.36. The molecule has 1 aromatic heterocycles. The molecular weight excluding hydrogens is 296 g/mol. The van der Waals surface area contributed by atoms with Crippen molar-refractivity contribution in [3.05, 3.63) is 34.0 Å². The summed E-state index contributed by atoms with van der Waals surface area (Å²) in [5.41, 5.74) is 2.62. The molecule has 0 aromatic carbocycles. The number of rotatable bonds is 3. The van der Waals surface area contributed by atoms with E-state index in [1.54, 1.807) is 22.3 Å². The van der Waals surface area contributed by atoms with Gasteiger partial charge in [-0.3, -0.25) is 9.59 Å². The van der Waals surface area contributed by atoms with E-state index in [9.17, 15) is 9.59 Å². The molecule has 1 aliphatic carbocycles. The van der Waals surface area contributed by atoms with E-state index in [1.807, 2.05) is 4.90 Å². The smallest absolute Gasteiger partial charge is 0.264 e. The van der Waals surface area contributed by atoms with Gasteiger partial charge >= 0.3 is 0 Å². The first-order chi connectivity index (χ1) is 10.7. The molecule has 2 heterocycles. The Hall–Kier alpha value is -1.62. The van der Waals surface area contributed by atoms with Gasteiger partial charge in [-0.1, -0.05) is 6.08 Å². The molecule has 118 valence electrons. The minimum absolute atomic E-state index is 0.112. The number of thiophene rings is 1. The Labute approximate surface area is 135 Å². The third kappa shape index (κ3) is 2.95. The molecule has 2 amide bonds. The molecule has 1 aliphatic heterocycles. The van der Waals surface area contributed by atoms with Gasteiger partial charge in [-0.2, -0.15) is 0 Å². The first-order valence-corrected chi connectivity index (χ1v) is 8.86. The summed E-state index contributed by atoms with van der Waals surface area (Å²) < 4.78 is 0. The lowest BCUT2D eigenvalue weighted by Gasteiger charge is -2.22. The van der Waals surface area contributed by atoms with Crippen LogP contribution in [0.25, 0.3) is 0 Å². The van der Waals surface area contributed by atoms with Gasteiger partial charge in [0.05, 0.1) is 4.88 Å². The van der Waals surface area contributed by atoms with Crippen molar-refractivity contribution in [3.8, 4) is 0 Å². The van der Waals surface area contributed by atoms with Gasteiger partial charge in [0.15, 0.2) is 0 Å². The maximum absolute atomic E-state index is 12.8. The average Bonchev–Trinajstić information content (AvgIpc) is 2.88. The van der Waals surface area contributed by atoms with Gasteiger partial charge < -0.3 is 9.80 Å². The van der Waals surface area contributed by atoms with Gasteiger partial charge in [0, 0.05) is 32.6 Å². The molecular formula is C17H22N2O2S. The van der Waals surface area contributed by atoms with Crippen LogP contribution in [-0.2, 0) is 17.6 Å². The van der Waals surface area contributed by atoms with Crippen LogP contribution in [0.3, 0.4) is 0 Å². The van der Waals surface area contributed by atoms with Crippen molar-refractivity contribution in [1.82, 2.24) is 9.80 Å².